The highest BCUT2D eigenvalue weighted by Gasteiger charge is 2.09. The molecule has 0 saturated carbocycles. The van der Waals surface area contributed by atoms with E-state index in [1.165, 1.54) is 108 Å². The van der Waals surface area contributed by atoms with E-state index in [1.54, 1.807) is 0 Å². The van der Waals surface area contributed by atoms with Crippen LogP contribution in [0.15, 0.2) is 79.1 Å². The first-order chi connectivity index (χ1) is 17.8. The molecular formula is C35H40N+. The zero-order valence-corrected chi connectivity index (χ0v) is 21.9. The summed E-state index contributed by atoms with van der Waals surface area (Å²) in [5, 5.41) is 8.06. The molecule has 5 aromatic rings. The largest absolute Gasteiger partial charge is 0.205 e. The van der Waals surface area contributed by atoms with E-state index in [1.807, 2.05) is 0 Å². The van der Waals surface area contributed by atoms with E-state index >= 15 is 0 Å². The van der Waals surface area contributed by atoms with Crippen LogP contribution in [0.1, 0.15) is 82.3 Å². The van der Waals surface area contributed by atoms with E-state index in [0.717, 1.165) is 6.54 Å². The van der Waals surface area contributed by atoms with Crippen LogP contribution in [0.25, 0.3) is 44.5 Å². The maximum Gasteiger partial charge on any atom is 0.169 e. The van der Waals surface area contributed by atoms with Crippen molar-refractivity contribution >= 4 is 44.5 Å². The van der Waals surface area contributed by atoms with Crippen LogP contribution in [0.5, 0.6) is 0 Å². The zero-order chi connectivity index (χ0) is 24.6. The third kappa shape index (κ3) is 5.78. The third-order valence-corrected chi connectivity index (χ3v) is 7.70. The highest BCUT2D eigenvalue weighted by atomic mass is 14.9. The summed E-state index contributed by atoms with van der Waals surface area (Å²) in [6.07, 6.45) is 22.9. The smallest absolute Gasteiger partial charge is 0.169 e. The van der Waals surface area contributed by atoms with Gasteiger partial charge in [-0.1, -0.05) is 125 Å². The molecule has 0 bridgehead atoms. The molecule has 0 unspecified atom stereocenters. The number of rotatable bonds is 13. The van der Waals surface area contributed by atoms with Gasteiger partial charge < -0.3 is 0 Å². The minimum atomic E-state index is 1.12. The Labute approximate surface area is 216 Å². The first-order valence-electron chi connectivity index (χ1n) is 14.2. The Balaban J connectivity index is 1.16. The maximum atomic E-state index is 2.33. The highest BCUT2D eigenvalue weighted by molar-refractivity contribution is 6.24. The van der Waals surface area contributed by atoms with E-state index in [0.29, 0.717) is 0 Å². The molecule has 0 N–H and O–H groups in total. The quantitative estimate of drug-likeness (QED) is 0.0908. The predicted octanol–water partition coefficient (Wildman–Crippen LogP) is 9.96. The third-order valence-electron chi connectivity index (χ3n) is 7.70. The number of pyridine rings is 1. The maximum absolute atomic E-state index is 2.33. The van der Waals surface area contributed by atoms with Gasteiger partial charge in [-0.3, -0.25) is 0 Å². The SMILES string of the molecule is CCCCCCCCCCCC[n+]1ccc(/C=C/c2ccc3ccc4cccc5ccc2c3c45)cc1. The van der Waals surface area contributed by atoms with Crippen LogP contribution in [0.4, 0.5) is 0 Å². The van der Waals surface area contributed by atoms with Gasteiger partial charge in [-0.05, 0) is 49.9 Å². The molecule has 0 aliphatic heterocycles. The fraction of sp³-hybridized carbons (Fsp3) is 0.343. The van der Waals surface area contributed by atoms with E-state index in [4.69, 9.17) is 0 Å². The molecule has 0 radical (unpaired) electrons. The van der Waals surface area contributed by atoms with Gasteiger partial charge in [0.2, 0.25) is 0 Å². The lowest BCUT2D eigenvalue weighted by Gasteiger charge is -2.12. The molecule has 0 aliphatic carbocycles. The normalized spacial score (nSPS) is 12.0. The molecule has 36 heavy (non-hydrogen) atoms. The van der Waals surface area contributed by atoms with E-state index in [2.05, 4.69) is 103 Å². The second-order valence-electron chi connectivity index (χ2n) is 10.4. The van der Waals surface area contributed by atoms with Crippen LogP contribution in [-0.4, -0.2) is 0 Å². The summed E-state index contributed by atoms with van der Waals surface area (Å²) in [5.74, 6) is 0. The predicted molar refractivity (Wildman–Crippen MR) is 158 cm³/mol. The van der Waals surface area contributed by atoms with Gasteiger partial charge >= 0.3 is 0 Å². The van der Waals surface area contributed by atoms with Crippen LogP contribution in [0.2, 0.25) is 0 Å². The topological polar surface area (TPSA) is 3.88 Å². The standard InChI is InChI=1S/C35H40N/c1-2-3-4-5-6-7-8-9-10-11-25-36-26-23-28(24-27-36)15-16-29-17-18-32-20-19-30-13-12-14-31-21-22-33(29)35(32)34(30)31/h12-24,26-27H,2-11,25H2,1H3/q+1/b16-15+. The van der Waals surface area contributed by atoms with Crippen LogP contribution in [-0.2, 0) is 6.54 Å². The first-order valence-corrected chi connectivity index (χ1v) is 14.2. The second-order valence-corrected chi connectivity index (χ2v) is 10.4. The monoisotopic (exact) mass is 474 g/mol. The number of hydrogen-bond acceptors (Lipinski definition) is 0. The second kappa shape index (κ2) is 12.2. The summed E-state index contributed by atoms with van der Waals surface area (Å²) in [7, 11) is 0. The Morgan fingerprint density at radius 3 is 1.83 bits per heavy atom. The van der Waals surface area contributed by atoms with Gasteiger partial charge in [-0.15, -0.1) is 0 Å². The molecule has 0 saturated heterocycles. The Bertz CT molecular complexity index is 1390. The number of benzene rings is 4. The van der Waals surface area contributed by atoms with Crippen molar-refractivity contribution in [1.29, 1.82) is 0 Å². The van der Waals surface area contributed by atoms with Gasteiger partial charge in [0.25, 0.3) is 0 Å². The molecule has 4 aromatic carbocycles. The molecule has 0 spiro atoms. The molecule has 1 aromatic heterocycles. The summed E-state index contributed by atoms with van der Waals surface area (Å²) in [5.41, 5.74) is 2.53. The van der Waals surface area contributed by atoms with Crippen LogP contribution < -0.4 is 4.57 Å². The number of nitrogens with zero attached hydrogens (tertiary/aromatic N) is 1. The fourth-order valence-electron chi connectivity index (χ4n) is 5.60. The van der Waals surface area contributed by atoms with Crippen molar-refractivity contribution in [1.82, 2.24) is 0 Å². The lowest BCUT2D eigenvalue weighted by atomic mass is 9.92. The molecule has 0 amide bonds. The van der Waals surface area contributed by atoms with Crippen molar-refractivity contribution in [3.8, 4) is 0 Å². The molecule has 1 nitrogen and oxygen atoms in total. The highest BCUT2D eigenvalue weighted by Crippen LogP contribution is 2.36. The summed E-state index contributed by atoms with van der Waals surface area (Å²) in [6, 6.07) is 24.6. The Kier molecular flexibility index (Phi) is 8.28. The summed E-state index contributed by atoms with van der Waals surface area (Å²) in [4.78, 5) is 0. The molecule has 0 fully saturated rings. The van der Waals surface area contributed by atoms with Crippen LogP contribution in [0.3, 0.4) is 0 Å². The minimum absolute atomic E-state index is 1.12. The fourth-order valence-corrected chi connectivity index (χ4v) is 5.60. The van der Waals surface area contributed by atoms with Gasteiger partial charge in [-0.25, -0.2) is 4.57 Å². The Morgan fingerprint density at radius 1 is 0.556 bits per heavy atom. The van der Waals surface area contributed by atoms with Gasteiger partial charge in [0, 0.05) is 18.6 Å². The number of unbranched alkanes of at least 4 members (excludes halogenated alkanes) is 9. The van der Waals surface area contributed by atoms with Crippen molar-refractivity contribution in [3.63, 3.8) is 0 Å². The van der Waals surface area contributed by atoms with Gasteiger partial charge in [0.05, 0.1) is 0 Å². The van der Waals surface area contributed by atoms with Crippen LogP contribution in [0, 0.1) is 0 Å². The van der Waals surface area contributed by atoms with Crippen molar-refractivity contribution in [3.05, 3.63) is 90.3 Å². The average molecular weight is 475 g/mol. The van der Waals surface area contributed by atoms with Gasteiger partial charge in [0.15, 0.2) is 12.4 Å². The van der Waals surface area contributed by atoms with Crippen molar-refractivity contribution in [2.24, 2.45) is 0 Å². The first kappa shape index (κ1) is 24.5. The van der Waals surface area contributed by atoms with Crippen LogP contribution >= 0.6 is 0 Å². The molecule has 1 heterocycles. The zero-order valence-electron chi connectivity index (χ0n) is 21.9. The number of hydrogen-bond donors (Lipinski definition) is 0. The minimum Gasteiger partial charge on any atom is -0.205 e. The van der Waals surface area contributed by atoms with E-state index in [-0.39, 0.29) is 0 Å². The lowest BCUT2D eigenvalue weighted by Crippen LogP contribution is -2.32. The molecule has 5 rings (SSSR count). The average Bonchev–Trinajstić information content (AvgIpc) is 2.92. The van der Waals surface area contributed by atoms with Crippen molar-refractivity contribution in [2.75, 3.05) is 0 Å². The van der Waals surface area contributed by atoms with Crippen molar-refractivity contribution < 1.29 is 4.57 Å². The molecule has 0 aliphatic rings. The summed E-state index contributed by atoms with van der Waals surface area (Å²) < 4.78 is 2.33. The molecule has 1 heteroatoms. The molecular weight excluding hydrogens is 434 g/mol. The summed E-state index contributed by atoms with van der Waals surface area (Å²) >= 11 is 0. The number of aromatic nitrogens is 1. The van der Waals surface area contributed by atoms with Gasteiger partial charge in [0.1, 0.15) is 6.54 Å². The summed E-state index contributed by atoms with van der Waals surface area (Å²) in [6.45, 7) is 3.41. The Hall–Kier alpha value is -3.19. The van der Waals surface area contributed by atoms with E-state index < -0.39 is 0 Å². The van der Waals surface area contributed by atoms with Gasteiger partial charge in [-0.2, -0.15) is 0 Å². The lowest BCUT2D eigenvalue weighted by molar-refractivity contribution is -0.697. The molecule has 184 valence electrons. The molecule has 0 atom stereocenters. The van der Waals surface area contributed by atoms with E-state index in [9.17, 15) is 0 Å². The Morgan fingerprint density at radius 2 is 1.14 bits per heavy atom. The number of aryl methyl sites for hydroxylation is 1. The van der Waals surface area contributed by atoms with Crippen molar-refractivity contribution in [2.45, 2.75) is 77.7 Å².